The van der Waals surface area contributed by atoms with Gasteiger partial charge in [-0.05, 0) is 61.2 Å². The molecule has 4 aliphatic rings. The van der Waals surface area contributed by atoms with Gasteiger partial charge in [-0.1, -0.05) is 13.8 Å². The number of halogens is 1. The van der Waals surface area contributed by atoms with E-state index in [9.17, 15) is 0 Å². The largest absolute Gasteiger partial charge is 1.00 e. The van der Waals surface area contributed by atoms with Gasteiger partial charge in [-0.2, -0.15) is 0 Å². The van der Waals surface area contributed by atoms with Gasteiger partial charge in [0.1, 0.15) is 0 Å². The van der Waals surface area contributed by atoms with Crippen LogP contribution in [0.3, 0.4) is 0 Å². The summed E-state index contributed by atoms with van der Waals surface area (Å²) < 4.78 is 0. The van der Waals surface area contributed by atoms with Crippen molar-refractivity contribution in [1.82, 2.24) is 0 Å². The Labute approximate surface area is 111 Å². The number of hydrogen-bond acceptors (Lipinski definition) is 0. The fourth-order valence-corrected chi connectivity index (χ4v) is 4.88. The zero-order chi connectivity index (χ0) is 8.40. The molecule has 0 aromatic heterocycles. The maximum atomic E-state index is 2.52. The van der Waals surface area contributed by atoms with Crippen molar-refractivity contribution in [2.24, 2.45) is 16.7 Å². The first-order valence-electron chi connectivity index (χ1n) is 5.41. The molecule has 1 radical (unpaired) electrons. The Morgan fingerprint density at radius 3 is 1.93 bits per heavy atom. The second-order valence-corrected chi connectivity index (χ2v) is 6.38. The summed E-state index contributed by atoms with van der Waals surface area (Å²) in [5, 5.41) is 0. The van der Waals surface area contributed by atoms with Gasteiger partial charge < -0.3 is 17.0 Å². The van der Waals surface area contributed by atoms with E-state index in [1.807, 2.05) is 5.92 Å². The van der Waals surface area contributed by atoms with Crippen LogP contribution in [0.25, 0.3) is 0 Å². The first kappa shape index (κ1) is 13.2. The molecule has 0 aliphatic heterocycles. The molecule has 0 aromatic rings. The number of hydrogen-bond donors (Lipinski definition) is 0. The molecule has 4 rings (SSSR count). The predicted octanol–water partition coefficient (Wildman–Crippen LogP) is 0.573. The van der Waals surface area contributed by atoms with Crippen molar-refractivity contribution in [1.29, 1.82) is 0 Å². The molecule has 0 aromatic carbocycles. The molecule has 2 heteroatoms. The van der Waals surface area contributed by atoms with Gasteiger partial charge in [0.2, 0.25) is 0 Å². The maximum absolute atomic E-state index is 2.52. The van der Waals surface area contributed by atoms with Gasteiger partial charge in [0.25, 0.3) is 0 Å². The minimum absolute atomic E-state index is 0. The molecule has 4 aliphatic carbocycles. The molecule has 0 spiro atoms. The standard InChI is InChI=1S/C12H19.BrH.Zn/c1-11-4-9-3-10(5-11)7-12(2,6-9)8-11;;/h9H,3-8H2,1-2H3;1H;/p-1. The second kappa shape index (κ2) is 3.84. The molecule has 2 unspecified atom stereocenters. The minimum Gasteiger partial charge on any atom is -1.00 e. The van der Waals surface area contributed by atoms with Gasteiger partial charge >= 0.3 is 0 Å². The van der Waals surface area contributed by atoms with Crippen LogP contribution in [0.5, 0.6) is 0 Å². The third-order valence-corrected chi connectivity index (χ3v) is 4.35. The zero-order valence-corrected chi connectivity index (χ0v) is 14.0. The summed E-state index contributed by atoms with van der Waals surface area (Å²) in [4.78, 5) is 0. The van der Waals surface area contributed by atoms with E-state index in [-0.39, 0.29) is 36.5 Å². The number of rotatable bonds is 0. The summed E-state index contributed by atoms with van der Waals surface area (Å²) in [7, 11) is 0. The van der Waals surface area contributed by atoms with Crippen LogP contribution < -0.4 is 17.0 Å². The zero-order valence-electron chi connectivity index (χ0n) is 9.41. The van der Waals surface area contributed by atoms with Gasteiger partial charge in [0, 0.05) is 19.5 Å². The second-order valence-electron chi connectivity index (χ2n) is 6.38. The van der Waals surface area contributed by atoms with Gasteiger partial charge in [-0.25, -0.2) is 0 Å². The first-order chi connectivity index (χ1) is 5.57. The van der Waals surface area contributed by atoms with Gasteiger partial charge in [-0.3, -0.25) is 0 Å². The van der Waals surface area contributed by atoms with Gasteiger partial charge in [-0.15, -0.1) is 0 Å². The van der Waals surface area contributed by atoms with Crippen molar-refractivity contribution in [2.45, 2.75) is 52.4 Å². The predicted molar refractivity (Wildman–Crippen MR) is 50.6 cm³/mol. The molecule has 0 nitrogen and oxygen atoms in total. The van der Waals surface area contributed by atoms with Crippen molar-refractivity contribution in [3.63, 3.8) is 0 Å². The van der Waals surface area contributed by atoms with E-state index in [1.165, 1.54) is 38.5 Å². The Hall–Kier alpha value is 1.10. The molecule has 77 valence electrons. The Morgan fingerprint density at radius 1 is 1.07 bits per heavy atom. The Morgan fingerprint density at radius 2 is 1.57 bits per heavy atom. The summed E-state index contributed by atoms with van der Waals surface area (Å²) in [6.07, 6.45) is 9.02. The van der Waals surface area contributed by atoms with E-state index >= 15 is 0 Å². The summed E-state index contributed by atoms with van der Waals surface area (Å²) in [6, 6.07) is 0. The van der Waals surface area contributed by atoms with Crippen molar-refractivity contribution in [3.05, 3.63) is 5.92 Å². The molecule has 4 bridgehead atoms. The van der Waals surface area contributed by atoms with Crippen LogP contribution >= 0.6 is 0 Å². The monoisotopic (exact) mass is 306 g/mol. The molecule has 4 fully saturated rings. The minimum atomic E-state index is 0. The van der Waals surface area contributed by atoms with Crippen LogP contribution in [-0.4, -0.2) is 0 Å². The van der Waals surface area contributed by atoms with Crippen LogP contribution in [0.15, 0.2) is 0 Å². The van der Waals surface area contributed by atoms with Crippen molar-refractivity contribution in [2.75, 3.05) is 0 Å². The molecule has 4 saturated carbocycles. The van der Waals surface area contributed by atoms with Gasteiger partial charge in [0.15, 0.2) is 0 Å². The summed E-state index contributed by atoms with van der Waals surface area (Å²) in [6.45, 7) is 5.05. The fourth-order valence-electron chi connectivity index (χ4n) is 4.88. The molecule has 0 heterocycles. The Kier molecular flexibility index (Phi) is 3.61. The first-order valence-corrected chi connectivity index (χ1v) is 5.41. The van der Waals surface area contributed by atoms with Crippen molar-refractivity contribution < 1.29 is 36.5 Å². The smallest absolute Gasteiger partial charge is 0 e. The van der Waals surface area contributed by atoms with Crippen LogP contribution in [0.1, 0.15) is 52.4 Å². The average Bonchev–Trinajstić information content (AvgIpc) is 1.75. The van der Waals surface area contributed by atoms with Crippen LogP contribution in [0.2, 0.25) is 0 Å². The van der Waals surface area contributed by atoms with Gasteiger partial charge in [0.05, 0.1) is 0 Å². The van der Waals surface area contributed by atoms with E-state index in [0.29, 0.717) is 0 Å². The van der Waals surface area contributed by atoms with E-state index in [1.54, 1.807) is 0 Å². The summed E-state index contributed by atoms with van der Waals surface area (Å²) in [5.74, 6) is 2.99. The van der Waals surface area contributed by atoms with Crippen molar-refractivity contribution >= 4 is 0 Å². The molecular weight excluding hydrogens is 289 g/mol. The summed E-state index contributed by atoms with van der Waals surface area (Å²) >= 11 is 0. The Bertz CT molecular complexity index is 192. The van der Waals surface area contributed by atoms with E-state index < -0.39 is 0 Å². The molecule has 14 heavy (non-hydrogen) atoms. The molecule has 0 N–H and O–H groups in total. The topological polar surface area (TPSA) is 0 Å². The fraction of sp³-hybridized carbons (Fsp3) is 0.917. The third kappa shape index (κ3) is 1.98. The normalized spacial score (nSPS) is 49.7. The van der Waals surface area contributed by atoms with E-state index in [4.69, 9.17) is 0 Å². The maximum Gasteiger partial charge on any atom is 0 e. The van der Waals surface area contributed by atoms with Crippen LogP contribution in [0, 0.1) is 22.7 Å². The average molecular weight is 309 g/mol. The van der Waals surface area contributed by atoms with E-state index in [0.717, 1.165) is 16.7 Å². The van der Waals surface area contributed by atoms with Crippen molar-refractivity contribution in [3.8, 4) is 0 Å². The molecule has 0 saturated heterocycles. The summed E-state index contributed by atoms with van der Waals surface area (Å²) in [5.41, 5.74) is 1.45. The Balaban J connectivity index is 0.000000490. The van der Waals surface area contributed by atoms with Crippen LogP contribution in [-0.2, 0) is 19.5 Å². The third-order valence-electron chi connectivity index (χ3n) is 4.35. The SMILES string of the molecule is CC12C[C]3CC(C1)CC(C)(C3)C2.[Br-].[Zn]. The molecular formula is C12H19BrZn-. The van der Waals surface area contributed by atoms with Crippen LogP contribution in [0.4, 0.5) is 0 Å². The molecule has 0 amide bonds. The quantitative estimate of drug-likeness (QED) is 0.574. The molecule has 2 atom stereocenters. The van der Waals surface area contributed by atoms with E-state index in [2.05, 4.69) is 13.8 Å².